The van der Waals surface area contributed by atoms with E-state index in [4.69, 9.17) is 0 Å². The molecule has 0 aromatic heterocycles. The largest absolute Gasteiger partial charge is 0.353 e. The lowest BCUT2D eigenvalue weighted by Crippen LogP contribution is -2.53. The average molecular weight is 438 g/mol. The van der Waals surface area contributed by atoms with E-state index in [1.54, 1.807) is 0 Å². The van der Waals surface area contributed by atoms with Gasteiger partial charge in [0.2, 0.25) is 5.91 Å². The van der Waals surface area contributed by atoms with E-state index in [1.807, 2.05) is 50.2 Å². The Balaban J connectivity index is 1.36. The zero-order valence-corrected chi connectivity index (χ0v) is 19.1. The van der Waals surface area contributed by atoms with Gasteiger partial charge in [0, 0.05) is 51.5 Å². The molecule has 1 aliphatic heterocycles. The van der Waals surface area contributed by atoms with Gasteiger partial charge in [-0.05, 0) is 23.6 Å². The number of urea groups is 1. The Kier molecular flexibility index (Phi) is 9.07. The van der Waals surface area contributed by atoms with Crippen LogP contribution in [0.25, 0.3) is 0 Å². The molecule has 1 atom stereocenters. The molecule has 2 aromatic rings. The Labute approximate surface area is 191 Å². The molecule has 0 radical (unpaired) electrons. The van der Waals surface area contributed by atoms with Crippen LogP contribution in [-0.4, -0.2) is 67.0 Å². The zero-order valence-electron chi connectivity index (χ0n) is 19.1. The molecular formula is C25H35N5O2. The van der Waals surface area contributed by atoms with Crippen LogP contribution in [0, 0.1) is 5.92 Å². The number of hydrogen-bond acceptors (Lipinski definition) is 4. The van der Waals surface area contributed by atoms with Crippen LogP contribution in [0.5, 0.6) is 0 Å². The quantitative estimate of drug-likeness (QED) is 0.564. The van der Waals surface area contributed by atoms with Gasteiger partial charge in [0.15, 0.2) is 0 Å². The molecule has 32 heavy (non-hydrogen) atoms. The number of nitrogens with zero attached hydrogens (tertiary/aromatic N) is 2. The first-order valence-electron chi connectivity index (χ1n) is 11.4. The fourth-order valence-electron chi connectivity index (χ4n) is 3.82. The molecule has 1 saturated heterocycles. The van der Waals surface area contributed by atoms with Crippen LogP contribution in [-0.2, 0) is 11.3 Å². The molecular weight excluding hydrogens is 402 g/mol. The van der Waals surface area contributed by atoms with Gasteiger partial charge in [0.1, 0.15) is 6.04 Å². The summed E-state index contributed by atoms with van der Waals surface area (Å²) in [6.07, 6.45) is 0. The molecule has 0 bridgehead atoms. The Morgan fingerprint density at radius 2 is 1.47 bits per heavy atom. The summed E-state index contributed by atoms with van der Waals surface area (Å²) < 4.78 is 0. The molecule has 0 saturated carbocycles. The normalized spacial score (nSPS) is 15.8. The number of anilines is 1. The number of nitrogens with one attached hydrogen (secondary N) is 3. The van der Waals surface area contributed by atoms with E-state index >= 15 is 0 Å². The Hall–Kier alpha value is -2.90. The molecule has 7 nitrogen and oxygen atoms in total. The van der Waals surface area contributed by atoms with Crippen LogP contribution in [0.1, 0.15) is 19.4 Å². The maximum absolute atomic E-state index is 12.7. The van der Waals surface area contributed by atoms with Crippen LogP contribution >= 0.6 is 0 Å². The zero-order chi connectivity index (χ0) is 22.8. The summed E-state index contributed by atoms with van der Waals surface area (Å²) in [6.45, 7) is 10.3. The van der Waals surface area contributed by atoms with Gasteiger partial charge in [0.05, 0.1) is 0 Å². The molecule has 1 unspecified atom stereocenters. The molecule has 0 aliphatic carbocycles. The van der Waals surface area contributed by atoms with Gasteiger partial charge < -0.3 is 16.0 Å². The van der Waals surface area contributed by atoms with Crippen molar-refractivity contribution in [2.45, 2.75) is 26.4 Å². The summed E-state index contributed by atoms with van der Waals surface area (Å²) >= 11 is 0. The van der Waals surface area contributed by atoms with Gasteiger partial charge in [-0.15, -0.1) is 0 Å². The van der Waals surface area contributed by atoms with Crippen LogP contribution < -0.4 is 16.0 Å². The third kappa shape index (κ3) is 7.66. The molecule has 172 valence electrons. The van der Waals surface area contributed by atoms with Crippen molar-refractivity contribution in [1.29, 1.82) is 0 Å². The van der Waals surface area contributed by atoms with Crippen molar-refractivity contribution >= 4 is 17.6 Å². The number of hydrogen-bond donors (Lipinski definition) is 3. The van der Waals surface area contributed by atoms with Gasteiger partial charge in [-0.2, -0.15) is 0 Å². The van der Waals surface area contributed by atoms with E-state index in [2.05, 4.69) is 50.0 Å². The number of piperazine rings is 1. The van der Waals surface area contributed by atoms with E-state index in [1.165, 1.54) is 5.56 Å². The first-order valence-corrected chi connectivity index (χ1v) is 11.4. The fourth-order valence-corrected chi connectivity index (χ4v) is 3.82. The van der Waals surface area contributed by atoms with Crippen LogP contribution in [0.2, 0.25) is 0 Å². The minimum atomic E-state index is -0.582. The van der Waals surface area contributed by atoms with E-state index < -0.39 is 6.04 Å². The monoisotopic (exact) mass is 437 g/mol. The smallest absolute Gasteiger partial charge is 0.319 e. The summed E-state index contributed by atoms with van der Waals surface area (Å²) in [4.78, 5) is 29.8. The van der Waals surface area contributed by atoms with Crippen molar-refractivity contribution in [2.75, 3.05) is 44.6 Å². The summed E-state index contributed by atoms with van der Waals surface area (Å²) in [5, 5.41) is 8.56. The number of benzene rings is 2. The number of carbonyl (C=O) groups is 2. The van der Waals surface area contributed by atoms with E-state index in [-0.39, 0.29) is 17.9 Å². The van der Waals surface area contributed by atoms with Gasteiger partial charge in [0.25, 0.3) is 0 Å². The van der Waals surface area contributed by atoms with Crippen LogP contribution in [0.3, 0.4) is 0 Å². The van der Waals surface area contributed by atoms with Crippen molar-refractivity contribution < 1.29 is 9.59 Å². The minimum absolute atomic E-state index is 0.0157. The van der Waals surface area contributed by atoms with Crippen molar-refractivity contribution in [3.8, 4) is 0 Å². The predicted molar refractivity (Wildman–Crippen MR) is 128 cm³/mol. The van der Waals surface area contributed by atoms with Crippen molar-refractivity contribution in [2.24, 2.45) is 5.92 Å². The third-order valence-electron chi connectivity index (χ3n) is 5.71. The highest BCUT2D eigenvalue weighted by Crippen LogP contribution is 2.09. The van der Waals surface area contributed by atoms with Crippen LogP contribution in [0.15, 0.2) is 60.7 Å². The van der Waals surface area contributed by atoms with Gasteiger partial charge in [-0.1, -0.05) is 62.4 Å². The van der Waals surface area contributed by atoms with E-state index in [9.17, 15) is 9.59 Å². The number of carbonyl (C=O) groups excluding carboxylic acids is 2. The first-order chi connectivity index (χ1) is 15.5. The molecule has 7 heteroatoms. The molecule has 1 heterocycles. The van der Waals surface area contributed by atoms with Crippen molar-refractivity contribution in [3.63, 3.8) is 0 Å². The van der Waals surface area contributed by atoms with Crippen LogP contribution in [0.4, 0.5) is 10.5 Å². The highest BCUT2D eigenvalue weighted by atomic mass is 16.2. The Morgan fingerprint density at radius 3 is 2.09 bits per heavy atom. The molecule has 1 aliphatic rings. The highest BCUT2D eigenvalue weighted by Gasteiger charge is 2.24. The third-order valence-corrected chi connectivity index (χ3v) is 5.71. The maximum Gasteiger partial charge on any atom is 0.319 e. The molecule has 3 rings (SSSR count). The summed E-state index contributed by atoms with van der Waals surface area (Å²) in [7, 11) is 0. The lowest BCUT2D eigenvalue weighted by atomic mass is 10.0. The summed E-state index contributed by atoms with van der Waals surface area (Å²) in [6, 6.07) is 18.8. The van der Waals surface area contributed by atoms with Crippen molar-refractivity contribution in [1.82, 2.24) is 20.4 Å². The topological polar surface area (TPSA) is 76.7 Å². The molecule has 1 fully saturated rings. The molecule has 3 N–H and O–H groups in total. The second kappa shape index (κ2) is 12.2. The predicted octanol–water partition coefficient (Wildman–Crippen LogP) is 2.77. The van der Waals surface area contributed by atoms with Gasteiger partial charge in [-0.3, -0.25) is 14.6 Å². The SMILES string of the molecule is CC(C)C(NC(=O)Nc1ccccc1)C(=O)NCCN1CCN(Cc2ccccc2)CC1. The standard InChI is InChI=1S/C25H35N5O2/c1-20(2)23(28-25(32)27-22-11-7-4-8-12-22)24(31)26-13-14-29-15-17-30(18-16-29)19-21-9-5-3-6-10-21/h3-12,20,23H,13-19H2,1-2H3,(H,26,31)(H2,27,28,32). The minimum Gasteiger partial charge on any atom is -0.353 e. The molecule has 3 amide bonds. The first kappa shape index (κ1) is 23.8. The molecule has 2 aromatic carbocycles. The summed E-state index contributed by atoms with van der Waals surface area (Å²) in [5.41, 5.74) is 2.04. The highest BCUT2D eigenvalue weighted by molar-refractivity contribution is 5.93. The lowest BCUT2D eigenvalue weighted by Gasteiger charge is -2.34. The van der Waals surface area contributed by atoms with Gasteiger partial charge in [-0.25, -0.2) is 4.79 Å². The van der Waals surface area contributed by atoms with E-state index in [0.29, 0.717) is 12.2 Å². The number of amides is 3. The average Bonchev–Trinajstić information content (AvgIpc) is 2.80. The van der Waals surface area contributed by atoms with E-state index in [0.717, 1.165) is 39.3 Å². The number of rotatable bonds is 9. The Bertz CT molecular complexity index is 836. The second-order valence-electron chi connectivity index (χ2n) is 8.58. The second-order valence-corrected chi connectivity index (χ2v) is 8.58. The van der Waals surface area contributed by atoms with Crippen molar-refractivity contribution in [3.05, 3.63) is 66.2 Å². The Morgan fingerprint density at radius 1 is 0.875 bits per heavy atom. The summed E-state index contributed by atoms with van der Waals surface area (Å²) in [5.74, 6) is -0.163. The lowest BCUT2D eigenvalue weighted by molar-refractivity contribution is -0.123. The number of para-hydroxylation sites is 1. The molecule has 0 spiro atoms. The fraction of sp³-hybridized carbons (Fsp3) is 0.440. The van der Waals surface area contributed by atoms with Gasteiger partial charge >= 0.3 is 6.03 Å². The maximum atomic E-state index is 12.7.